The van der Waals surface area contributed by atoms with Crippen LogP contribution in [0.15, 0.2) is 91.3 Å². The second kappa shape index (κ2) is 9.52. The highest BCUT2D eigenvalue weighted by molar-refractivity contribution is 7.21. The van der Waals surface area contributed by atoms with Gasteiger partial charge in [-0.3, -0.25) is 4.98 Å². The highest BCUT2D eigenvalue weighted by Crippen LogP contribution is 2.35. The number of nitrogens with zero attached hydrogens (tertiary/aromatic N) is 5. The van der Waals surface area contributed by atoms with Crippen molar-refractivity contribution in [2.45, 2.75) is 13.2 Å². The summed E-state index contributed by atoms with van der Waals surface area (Å²) in [6.07, 6.45) is 3.64. The third-order valence-electron chi connectivity index (χ3n) is 5.55. The van der Waals surface area contributed by atoms with Crippen molar-refractivity contribution in [2.75, 3.05) is 6.61 Å². The number of fused-ring (bicyclic) bond motifs is 2. The summed E-state index contributed by atoms with van der Waals surface area (Å²) in [5, 5.41) is 10.4. The molecule has 7 nitrogen and oxygen atoms in total. The number of hydrogen-bond donors (Lipinski definition) is 0. The van der Waals surface area contributed by atoms with Gasteiger partial charge in [0.1, 0.15) is 40.9 Å². The lowest BCUT2D eigenvalue weighted by atomic mass is 10.2. The molecule has 0 bridgehead atoms. The summed E-state index contributed by atoms with van der Waals surface area (Å²) >= 11 is 1.66. The minimum atomic E-state index is 0.316. The van der Waals surface area contributed by atoms with E-state index in [1.807, 2.05) is 79.0 Å². The van der Waals surface area contributed by atoms with Gasteiger partial charge in [-0.25, -0.2) is 9.67 Å². The molecule has 0 N–H and O–H groups in total. The van der Waals surface area contributed by atoms with Crippen molar-refractivity contribution in [2.24, 2.45) is 0 Å². The zero-order valence-electron chi connectivity index (χ0n) is 18.7. The van der Waals surface area contributed by atoms with Crippen LogP contribution >= 0.6 is 11.3 Å². The second-order valence-electron chi connectivity index (χ2n) is 7.92. The van der Waals surface area contributed by atoms with E-state index < -0.39 is 0 Å². The molecule has 0 saturated carbocycles. The van der Waals surface area contributed by atoms with Crippen LogP contribution in [0.4, 0.5) is 0 Å². The van der Waals surface area contributed by atoms with Crippen molar-refractivity contribution >= 4 is 32.5 Å². The fourth-order valence-electron chi connectivity index (χ4n) is 3.86. The topological polar surface area (TPSA) is 75.0 Å². The predicted octanol–water partition coefficient (Wildman–Crippen LogP) is 5.76. The summed E-state index contributed by atoms with van der Waals surface area (Å²) in [5.41, 5.74) is 3.57. The second-order valence-corrected chi connectivity index (χ2v) is 8.95. The number of benzene rings is 3. The molecule has 3 heterocycles. The molecule has 6 rings (SSSR count). The molecule has 0 amide bonds. The Morgan fingerprint density at radius 2 is 1.69 bits per heavy atom. The van der Waals surface area contributed by atoms with Gasteiger partial charge >= 0.3 is 0 Å². The van der Waals surface area contributed by atoms with Crippen molar-refractivity contribution in [3.8, 4) is 22.1 Å². The zero-order chi connectivity index (χ0) is 23.5. The van der Waals surface area contributed by atoms with E-state index in [1.165, 1.54) is 0 Å². The van der Waals surface area contributed by atoms with Gasteiger partial charge in [-0.2, -0.15) is 0 Å². The predicted molar refractivity (Wildman–Crippen MR) is 137 cm³/mol. The first-order chi connectivity index (χ1) is 17.3. The summed E-state index contributed by atoms with van der Waals surface area (Å²) in [4.78, 5) is 9.19. The van der Waals surface area contributed by atoms with Gasteiger partial charge in [0.2, 0.25) is 0 Å². The first-order valence-corrected chi connectivity index (χ1v) is 12.1. The van der Waals surface area contributed by atoms with E-state index >= 15 is 0 Å². The Labute approximate surface area is 205 Å². The van der Waals surface area contributed by atoms with Gasteiger partial charge in [0.05, 0.1) is 28.5 Å². The van der Waals surface area contributed by atoms with Crippen LogP contribution in [0.2, 0.25) is 0 Å². The van der Waals surface area contributed by atoms with E-state index in [4.69, 9.17) is 14.5 Å². The van der Waals surface area contributed by atoms with Crippen LogP contribution in [0.1, 0.15) is 5.69 Å². The van der Waals surface area contributed by atoms with E-state index in [0.717, 1.165) is 48.9 Å². The molecule has 6 aromatic rings. The third kappa shape index (κ3) is 4.56. The molecule has 35 heavy (non-hydrogen) atoms. The van der Waals surface area contributed by atoms with Gasteiger partial charge in [0.15, 0.2) is 0 Å². The molecule has 8 heteroatoms. The van der Waals surface area contributed by atoms with E-state index in [-0.39, 0.29) is 0 Å². The standard InChI is InChI=1S/C27H21N5O2S/c1-3-11-23(21(9-1)27-29-22-10-2-4-13-25(22)35-27)33-16-15-32-17-20(30-31-32)18-34-24-12-5-7-19-8-6-14-28-26(19)24/h1-14,17H,15-16,18H2. The van der Waals surface area contributed by atoms with Crippen LogP contribution in [-0.2, 0) is 13.2 Å². The Kier molecular flexibility index (Phi) is 5.78. The largest absolute Gasteiger partial charge is 0.491 e. The van der Waals surface area contributed by atoms with E-state index in [9.17, 15) is 0 Å². The molecule has 0 spiro atoms. The average molecular weight is 480 g/mol. The molecule has 0 unspecified atom stereocenters. The quantitative estimate of drug-likeness (QED) is 0.276. The maximum absolute atomic E-state index is 6.12. The van der Waals surface area contributed by atoms with Gasteiger partial charge in [-0.05, 0) is 36.4 Å². The number of para-hydroxylation sites is 3. The first-order valence-electron chi connectivity index (χ1n) is 11.3. The number of pyridine rings is 1. The number of aromatic nitrogens is 5. The molecule has 3 aromatic carbocycles. The fourth-order valence-corrected chi connectivity index (χ4v) is 4.86. The summed E-state index contributed by atoms with van der Waals surface area (Å²) in [6, 6.07) is 26.0. The van der Waals surface area contributed by atoms with Gasteiger partial charge in [0.25, 0.3) is 0 Å². The van der Waals surface area contributed by atoms with E-state index in [2.05, 4.69) is 21.4 Å². The Balaban J connectivity index is 1.09. The molecule has 172 valence electrons. The molecule has 0 aliphatic heterocycles. The highest BCUT2D eigenvalue weighted by Gasteiger charge is 2.12. The number of thiazole rings is 1. The fraction of sp³-hybridized carbons (Fsp3) is 0.111. The van der Waals surface area contributed by atoms with Crippen LogP contribution in [-0.4, -0.2) is 31.6 Å². The summed E-state index contributed by atoms with van der Waals surface area (Å²) in [7, 11) is 0. The summed E-state index contributed by atoms with van der Waals surface area (Å²) in [6.45, 7) is 1.34. The van der Waals surface area contributed by atoms with Crippen LogP contribution < -0.4 is 9.47 Å². The molecule has 3 aromatic heterocycles. The molecular formula is C27H21N5O2S. The minimum Gasteiger partial charge on any atom is -0.491 e. The van der Waals surface area contributed by atoms with Crippen LogP contribution in [0.5, 0.6) is 11.5 Å². The molecule has 0 atom stereocenters. The van der Waals surface area contributed by atoms with Gasteiger partial charge in [-0.15, -0.1) is 16.4 Å². The Morgan fingerprint density at radius 3 is 2.66 bits per heavy atom. The average Bonchev–Trinajstić information content (AvgIpc) is 3.55. The van der Waals surface area contributed by atoms with Crippen molar-refractivity contribution in [1.29, 1.82) is 0 Å². The lowest BCUT2D eigenvalue weighted by Crippen LogP contribution is -2.09. The smallest absolute Gasteiger partial charge is 0.146 e. The Bertz CT molecular complexity index is 1570. The van der Waals surface area contributed by atoms with Crippen molar-refractivity contribution < 1.29 is 9.47 Å². The van der Waals surface area contributed by atoms with Crippen LogP contribution in [0, 0.1) is 0 Å². The summed E-state index contributed by atoms with van der Waals surface area (Å²) in [5.74, 6) is 1.53. The molecule has 0 saturated heterocycles. The lowest BCUT2D eigenvalue weighted by Gasteiger charge is -2.09. The first kappa shape index (κ1) is 21.2. The third-order valence-corrected chi connectivity index (χ3v) is 6.62. The Morgan fingerprint density at radius 1 is 0.829 bits per heavy atom. The van der Waals surface area contributed by atoms with Crippen molar-refractivity contribution in [3.63, 3.8) is 0 Å². The maximum atomic E-state index is 6.12. The number of ether oxygens (including phenoxy) is 2. The zero-order valence-corrected chi connectivity index (χ0v) is 19.6. The molecular weight excluding hydrogens is 458 g/mol. The lowest BCUT2D eigenvalue weighted by molar-refractivity contribution is 0.290. The van der Waals surface area contributed by atoms with Crippen LogP contribution in [0.3, 0.4) is 0 Å². The molecule has 0 radical (unpaired) electrons. The maximum Gasteiger partial charge on any atom is 0.146 e. The number of hydrogen-bond acceptors (Lipinski definition) is 7. The SMILES string of the molecule is c1ccc(-c2nc3ccccc3s2)c(OCCn2cc(COc3cccc4cccnc34)nn2)c1. The molecule has 0 fully saturated rings. The van der Waals surface area contributed by atoms with Crippen LogP contribution in [0.25, 0.3) is 31.7 Å². The minimum absolute atomic E-state index is 0.316. The monoisotopic (exact) mass is 479 g/mol. The molecule has 0 aliphatic rings. The van der Waals surface area contributed by atoms with Crippen molar-refractivity contribution in [3.05, 3.63) is 97.0 Å². The summed E-state index contributed by atoms with van der Waals surface area (Å²) < 4.78 is 15.0. The molecule has 0 aliphatic carbocycles. The normalized spacial score (nSPS) is 11.2. The van der Waals surface area contributed by atoms with E-state index in [1.54, 1.807) is 22.2 Å². The number of rotatable bonds is 8. The van der Waals surface area contributed by atoms with E-state index in [0.29, 0.717) is 19.8 Å². The van der Waals surface area contributed by atoms with Gasteiger partial charge < -0.3 is 9.47 Å². The Hall–Kier alpha value is -4.30. The van der Waals surface area contributed by atoms with Crippen molar-refractivity contribution in [1.82, 2.24) is 25.0 Å². The highest BCUT2D eigenvalue weighted by atomic mass is 32.1. The van der Waals surface area contributed by atoms with Gasteiger partial charge in [-0.1, -0.05) is 47.7 Å². The van der Waals surface area contributed by atoms with Gasteiger partial charge in [0, 0.05) is 11.6 Å².